The molecule has 0 spiro atoms. The second-order valence-corrected chi connectivity index (χ2v) is 26.1. The SMILES string of the molecule is c1ccc(-c2cc(-c3ccc(-c4ccccn4)cc3)cc(-c3nc(-c4ccccc4)nc(-c4cc(-c5ccccc5)cc(-c5ccc(-c6ccccn6)cc5)c4)n3)c2)cc1.c1ccc(-c2ccc3ccc4ccc(-c5cccc(-c6ccc7ccc8ccc(-c9ccccc9)nc8c7n6)c5)nc4c3n2)cc1. The van der Waals surface area contributed by atoms with Gasteiger partial charge in [-0.05, 0) is 136 Å². The van der Waals surface area contributed by atoms with E-state index in [0.717, 1.165) is 172 Å². The molecule has 9 heteroatoms. The molecule has 0 unspecified atom stereocenters. The van der Waals surface area contributed by atoms with Crippen molar-refractivity contribution in [3.05, 3.63) is 382 Å². The van der Waals surface area contributed by atoms with Crippen molar-refractivity contribution in [3.63, 3.8) is 0 Å². The summed E-state index contributed by atoms with van der Waals surface area (Å²) in [6, 6.07) is 128. The van der Waals surface area contributed by atoms with Gasteiger partial charge in [-0.3, -0.25) is 9.97 Å². The molecule has 0 saturated heterocycles. The number of pyridine rings is 6. The summed E-state index contributed by atoms with van der Waals surface area (Å²) < 4.78 is 0. The van der Waals surface area contributed by atoms with E-state index in [4.69, 9.17) is 34.9 Å². The lowest BCUT2D eigenvalue weighted by molar-refractivity contribution is 1.07. The molecule has 0 aliphatic heterocycles. The molecule has 0 radical (unpaired) electrons. The van der Waals surface area contributed by atoms with E-state index in [1.807, 2.05) is 128 Å². The molecule has 7 heterocycles. The minimum Gasteiger partial charge on any atom is -0.256 e. The molecule has 0 fully saturated rings. The molecule has 0 atom stereocenters. The maximum absolute atomic E-state index is 5.31. The van der Waals surface area contributed by atoms with E-state index in [1.54, 1.807) is 0 Å². The largest absolute Gasteiger partial charge is 0.256 e. The van der Waals surface area contributed by atoms with Crippen LogP contribution >= 0.6 is 0 Å². The summed E-state index contributed by atoms with van der Waals surface area (Å²) >= 11 is 0. The highest BCUT2D eigenvalue weighted by molar-refractivity contribution is 6.06. The van der Waals surface area contributed by atoms with Gasteiger partial charge < -0.3 is 0 Å². The minimum atomic E-state index is 0.592. The number of benzene rings is 12. The van der Waals surface area contributed by atoms with Crippen LogP contribution in [0.3, 0.4) is 0 Å². The second-order valence-electron chi connectivity index (χ2n) is 26.1. The van der Waals surface area contributed by atoms with Gasteiger partial charge in [0.1, 0.15) is 0 Å². The summed E-state index contributed by atoms with van der Waals surface area (Å²) in [7, 11) is 0. The molecule has 106 heavy (non-hydrogen) atoms. The van der Waals surface area contributed by atoms with Gasteiger partial charge in [0, 0.05) is 84.0 Å². The van der Waals surface area contributed by atoms with E-state index in [9.17, 15) is 0 Å². The van der Waals surface area contributed by atoms with Crippen LogP contribution in [0.5, 0.6) is 0 Å². The van der Waals surface area contributed by atoms with Crippen molar-refractivity contribution in [1.29, 1.82) is 0 Å². The molecule has 19 aromatic rings. The molecule has 19 rings (SSSR count). The fourth-order valence-electron chi connectivity index (χ4n) is 13.8. The maximum Gasteiger partial charge on any atom is 0.164 e. The van der Waals surface area contributed by atoms with Gasteiger partial charge >= 0.3 is 0 Å². The topological polar surface area (TPSA) is 116 Å². The zero-order chi connectivity index (χ0) is 70.5. The predicted octanol–water partition coefficient (Wildman–Crippen LogP) is 24.2. The Labute approximate surface area is 613 Å². The van der Waals surface area contributed by atoms with Gasteiger partial charge in [-0.1, -0.05) is 279 Å². The molecule has 0 aliphatic rings. The Morgan fingerprint density at radius 3 is 0.698 bits per heavy atom. The summed E-state index contributed by atoms with van der Waals surface area (Å²) in [5, 5.41) is 4.27. The quantitative estimate of drug-likeness (QED) is 0.104. The van der Waals surface area contributed by atoms with Gasteiger partial charge in [-0.2, -0.15) is 0 Å². The lowest BCUT2D eigenvalue weighted by Crippen LogP contribution is -2.01. The molecule has 12 aromatic carbocycles. The van der Waals surface area contributed by atoms with E-state index < -0.39 is 0 Å². The van der Waals surface area contributed by atoms with Crippen LogP contribution in [-0.4, -0.2) is 44.9 Å². The fourth-order valence-corrected chi connectivity index (χ4v) is 13.8. The zero-order valence-electron chi connectivity index (χ0n) is 57.4. The van der Waals surface area contributed by atoms with Gasteiger partial charge in [-0.25, -0.2) is 34.9 Å². The zero-order valence-corrected chi connectivity index (χ0v) is 57.4. The number of fused-ring (bicyclic) bond motifs is 6. The first-order chi connectivity index (χ1) is 52.5. The molecular weight excluding hydrogens is 1290 g/mol. The third-order valence-electron chi connectivity index (χ3n) is 19.3. The third kappa shape index (κ3) is 13.3. The molecule has 496 valence electrons. The Hall–Kier alpha value is -14.4. The molecule has 0 aliphatic carbocycles. The van der Waals surface area contributed by atoms with Gasteiger partial charge in [0.25, 0.3) is 0 Å². The number of hydrogen-bond acceptors (Lipinski definition) is 9. The minimum absolute atomic E-state index is 0.592. The molecule has 9 nitrogen and oxygen atoms in total. The predicted molar refractivity (Wildman–Crippen MR) is 434 cm³/mol. The summed E-state index contributed by atoms with van der Waals surface area (Å²) in [5.41, 5.74) is 26.9. The van der Waals surface area contributed by atoms with Gasteiger partial charge in [-0.15, -0.1) is 0 Å². The lowest BCUT2D eigenvalue weighted by Gasteiger charge is -2.14. The number of nitrogens with zero attached hydrogens (tertiary/aromatic N) is 9. The average molecular weight is 1350 g/mol. The van der Waals surface area contributed by atoms with E-state index in [-0.39, 0.29) is 0 Å². The van der Waals surface area contributed by atoms with Crippen molar-refractivity contribution < 1.29 is 0 Å². The van der Waals surface area contributed by atoms with E-state index in [1.165, 1.54) is 0 Å². The molecule has 0 bridgehead atoms. The number of rotatable bonds is 13. The summed E-state index contributed by atoms with van der Waals surface area (Å²) in [6.45, 7) is 0. The fraction of sp³-hybridized carbons (Fsp3) is 0. The summed E-state index contributed by atoms with van der Waals surface area (Å²) in [4.78, 5) is 45.3. The first-order valence-corrected chi connectivity index (χ1v) is 35.4. The first-order valence-electron chi connectivity index (χ1n) is 35.4. The Bertz CT molecular complexity index is 6020. The first kappa shape index (κ1) is 63.7. The average Bonchev–Trinajstić information content (AvgIpc) is 0.773. The third-order valence-corrected chi connectivity index (χ3v) is 19.3. The smallest absolute Gasteiger partial charge is 0.164 e. The number of aromatic nitrogens is 9. The molecule has 0 saturated carbocycles. The molecule has 7 aromatic heterocycles. The number of hydrogen-bond donors (Lipinski definition) is 0. The van der Waals surface area contributed by atoms with Crippen molar-refractivity contribution in [2.45, 2.75) is 0 Å². The standard InChI is InChI=1S/C55H37N5.C42H26N4/c1-4-14-38(15-5-1)45-32-47(40-22-26-42(27-23-40)51-20-10-12-30-56-51)36-49(34-45)54-58-53(44-18-8-3-9-19-44)59-55(60-54)50-35-46(39-16-6-2-7-17-39)33-48(37-50)41-24-28-43(29-25-41)52-21-11-13-31-57-52;1-3-8-27(9-4-1)35-22-18-29-14-16-31-20-24-37(45-41(31)39(29)43-35)33-12-7-13-34(26-33)38-25-21-32-17-15-30-19-23-36(28-10-5-2-6-11-28)44-40(30)42(32)46-38/h1-37H;1-26H. The highest BCUT2D eigenvalue weighted by Crippen LogP contribution is 2.39. The van der Waals surface area contributed by atoms with E-state index >= 15 is 0 Å². The van der Waals surface area contributed by atoms with Crippen LogP contribution in [0.2, 0.25) is 0 Å². The van der Waals surface area contributed by atoms with Crippen LogP contribution < -0.4 is 0 Å². The van der Waals surface area contributed by atoms with Gasteiger partial charge in [0.05, 0.1) is 56.2 Å². The summed E-state index contributed by atoms with van der Waals surface area (Å²) in [5.74, 6) is 1.79. The Kier molecular flexibility index (Phi) is 17.2. The van der Waals surface area contributed by atoms with Crippen LogP contribution in [0.25, 0.3) is 190 Å². The van der Waals surface area contributed by atoms with Crippen LogP contribution in [0.4, 0.5) is 0 Å². The maximum atomic E-state index is 5.31. The van der Waals surface area contributed by atoms with Crippen molar-refractivity contribution in [2.24, 2.45) is 0 Å². The Morgan fingerprint density at radius 2 is 0.368 bits per heavy atom. The molecule has 0 amide bonds. The van der Waals surface area contributed by atoms with Crippen LogP contribution in [0.1, 0.15) is 0 Å². The van der Waals surface area contributed by atoms with Crippen molar-refractivity contribution in [3.8, 4) is 146 Å². The lowest BCUT2D eigenvalue weighted by atomic mass is 9.94. The van der Waals surface area contributed by atoms with Crippen molar-refractivity contribution in [1.82, 2.24) is 44.9 Å². The highest BCUT2D eigenvalue weighted by atomic mass is 15.0. The Morgan fingerprint density at radius 1 is 0.132 bits per heavy atom. The van der Waals surface area contributed by atoms with Crippen LogP contribution in [0.15, 0.2) is 382 Å². The molecular formula is C97H63N9. The normalized spacial score (nSPS) is 11.2. The van der Waals surface area contributed by atoms with Crippen molar-refractivity contribution in [2.75, 3.05) is 0 Å². The van der Waals surface area contributed by atoms with Crippen LogP contribution in [-0.2, 0) is 0 Å². The van der Waals surface area contributed by atoms with Crippen molar-refractivity contribution >= 4 is 43.6 Å². The Balaban J connectivity index is 0.000000155. The van der Waals surface area contributed by atoms with Crippen LogP contribution in [0, 0.1) is 0 Å². The highest BCUT2D eigenvalue weighted by Gasteiger charge is 2.19. The van der Waals surface area contributed by atoms with E-state index in [0.29, 0.717) is 17.5 Å². The van der Waals surface area contributed by atoms with Gasteiger partial charge in [0.2, 0.25) is 0 Å². The summed E-state index contributed by atoms with van der Waals surface area (Å²) in [6.07, 6.45) is 3.65. The molecule has 0 N–H and O–H groups in total. The van der Waals surface area contributed by atoms with Gasteiger partial charge in [0.15, 0.2) is 17.5 Å². The monoisotopic (exact) mass is 1350 g/mol. The van der Waals surface area contributed by atoms with E-state index in [2.05, 4.69) is 265 Å². The second kappa shape index (κ2) is 28.5.